The predicted molar refractivity (Wildman–Crippen MR) is 55.4 cm³/mol. The standard InChI is InChI=1S/C10H13N5/c1-2-4-11-9(3-1)8-5-12-10-13-7-14-15(10)6-8/h5-7,9,11H,1-4H2. The summed E-state index contributed by atoms with van der Waals surface area (Å²) in [6.07, 6.45) is 9.18. The number of rotatable bonds is 1. The van der Waals surface area contributed by atoms with Gasteiger partial charge in [-0.1, -0.05) is 6.42 Å². The number of aromatic nitrogens is 4. The van der Waals surface area contributed by atoms with Gasteiger partial charge in [-0.2, -0.15) is 10.1 Å². The van der Waals surface area contributed by atoms with E-state index < -0.39 is 0 Å². The molecule has 1 aliphatic heterocycles. The highest BCUT2D eigenvalue weighted by molar-refractivity contribution is 5.27. The zero-order valence-corrected chi connectivity index (χ0v) is 8.43. The third kappa shape index (κ3) is 1.59. The first-order valence-corrected chi connectivity index (χ1v) is 5.32. The van der Waals surface area contributed by atoms with Crippen LogP contribution in [0, 0.1) is 0 Å². The minimum atomic E-state index is 0.430. The molecule has 3 heterocycles. The molecule has 1 unspecified atom stereocenters. The SMILES string of the molecule is c1nc2ncc(C3CCCCN3)cn2n1. The van der Waals surface area contributed by atoms with E-state index in [-0.39, 0.29) is 0 Å². The minimum Gasteiger partial charge on any atom is -0.310 e. The van der Waals surface area contributed by atoms with E-state index in [0.29, 0.717) is 11.8 Å². The molecule has 15 heavy (non-hydrogen) atoms. The summed E-state index contributed by atoms with van der Waals surface area (Å²) in [4.78, 5) is 8.29. The van der Waals surface area contributed by atoms with Gasteiger partial charge < -0.3 is 5.32 Å². The maximum Gasteiger partial charge on any atom is 0.252 e. The van der Waals surface area contributed by atoms with Crippen LogP contribution in [-0.2, 0) is 0 Å². The number of piperidine rings is 1. The highest BCUT2D eigenvalue weighted by atomic mass is 15.3. The minimum absolute atomic E-state index is 0.430. The van der Waals surface area contributed by atoms with Gasteiger partial charge in [-0.25, -0.2) is 9.50 Å². The molecule has 0 aliphatic carbocycles. The van der Waals surface area contributed by atoms with Crippen molar-refractivity contribution in [3.05, 3.63) is 24.3 Å². The van der Waals surface area contributed by atoms with Crippen LogP contribution < -0.4 is 5.32 Å². The molecule has 0 bridgehead atoms. The third-order valence-electron chi connectivity index (χ3n) is 2.87. The molecule has 0 radical (unpaired) electrons. The molecule has 2 aromatic rings. The molecule has 0 amide bonds. The summed E-state index contributed by atoms with van der Waals surface area (Å²) in [6.45, 7) is 1.10. The third-order valence-corrected chi connectivity index (χ3v) is 2.87. The fourth-order valence-corrected chi connectivity index (χ4v) is 2.05. The van der Waals surface area contributed by atoms with Crippen LogP contribution in [0.15, 0.2) is 18.7 Å². The second-order valence-electron chi connectivity index (χ2n) is 3.89. The fraction of sp³-hybridized carbons (Fsp3) is 0.500. The first kappa shape index (κ1) is 8.79. The molecule has 0 saturated carbocycles. The van der Waals surface area contributed by atoms with E-state index in [0.717, 1.165) is 6.54 Å². The van der Waals surface area contributed by atoms with Crippen molar-refractivity contribution in [2.75, 3.05) is 6.54 Å². The number of hydrogen-bond acceptors (Lipinski definition) is 4. The van der Waals surface area contributed by atoms with Crippen LogP contribution in [0.25, 0.3) is 5.78 Å². The van der Waals surface area contributed by atoms with E-state index in [4.69, 9.17) is 0 Å². The Bertz CT molecular complexity index is 458. The Hall–Kier alpha value is -1.49. The smallest absolute Gasteiger partial charge is 0.252 e. The zero-order chi connectivity index (χ0) is 10.1. The summed E-state index contributed by atoms with van der Waals surface area (Å²) >= 11 is 0. The van der Waals surface area contributed by atoms with Gasteiger partial charge in [-0.15, -0.1) is 0 Å². The summed E-state index contributed by atoms with van der Waals surface area (Å²) in [5.41, 5.74) is 1.20. The summed E-state index contributed by atoms with van der Waals surface area (Å²) in [5.74, 6) is 0.662. The van der Waals surface area contributed by atoms with Crippen molar-refractivity contribution < 1.29 is 0 Å². The van der Waals surface area contributed by atoms with E-state index in [1.807, 2.05) is 12.4 Å². The Kier molecular flexibility index (Phi) is 2.10. The van der Waals surface area contributed by atoms with E-state index in [1.54, 1.807) is 4.52 Å². The quantitative estimate of drug-likeness (QED) is 0.749. The molecular formula is C10H13N5. The van der Waals surface area contributed by atoms with Gasteiger partial charge in [-0.05, 0) is 19.4 Å². The van der Waals surface area contributed by atoms with Crippen LogP contribution in [0.4, 0.5) is 0 Å². The average molecular weight is 203 g/mol. The zero-order valence-electron chi connectivity index (χ0n) is 8.43. The van der Waals surface area contributed by atoms with Crippen molar-refractivity contribution in [3.63, 3.8) is 0 Å². The second kappa shape index (κ2) is 3.58. The lowest BCUT2D eigenvalue weighted by Crippen LogP contribution is -2.27. The second-order valence-corrected chi connectivity index (χ2v) is 3.89. The van der Waals surface area contributed by atoms with Crippen molar-refractivity contribution >= 4 is 5.78 Å². The maximum atomic E-state index is 4.27. The molecule has 5 nitrogen and oxygen atoms in total. The molecule has 1 aliphatic rings. The summed E-state index contributed by atoms with van der Waals surface area (Å²) in [5, 5.41) is 7.58. The molecule has 2 aromatic heterocycles. The molecule has 0 aromatic carbocycles. The van der Waals surface area contributed by atoms with E-state index in [9.17, 15) is 0 Å². The van der Waals surface area contributed by atoms with Crippen LogP contribution in [-0.4, -0.2) is 26.1 Å². The lowest BCUT2D eigenvalue weighted by atomic mass is 10.0. The van der Waals surface area contributed by atoms with Gasteiger partial charge in [0.05, 0.1) is 0 Å². The lowest BCUT2D eigenvalue weighted by molar-refractivity contribution is 0.410. The van der Waals surface area contributed by atoms with Crippen LogP contribution >= 0.6 is 0 Å². The first-order chi connectivity index (χ1) is 7.43. The van der Waals surface area contributed by atoms with Crippen LogP contribution in [0.3, 0.4) is 0 Å². The van der Waals surface area contributed by atoms with Gasteiger partial charge in [0.15, 0.2) is 0 Å². The first-order valence-electron chi connectivity index (χ1n) is 5.32. The molecular weight excluding hydrogens is 190 g/mol. The van der Waals surface area contributed by atoms with Gasteiger partial charge in [0, 0.05) is 24.0 Å². The van der Waals surface area contributed by atoms with E-state index in [1.165, 1.54) is 31.2 Å². The van der Waals surface area contributed by atoms with Crippen molar-refractivity contribution in [3.8, 4) is 0 Å². The Morgan fingerprint density at radius 3 is 3.20 bits per heavy atom. The van der Waals surface area contributed by atoms with Crippen molar-refractivity contribution in [2.45, 2.75) is 25.3 Å². The van der Waals surface area contributed by atoms with Crippen LogP contribution in [0.1, 0.15) is 30.9 Å². The van der Waals surface area contributed by atoms with Crippen LogP contribution in [0.2, 0.25) is 0 Å². The van der Waals surface area contributed by atoms with Gasteiger partial charge in [0.2, 0.25) is 0 Å². The van der Waals surface area contributed by atoms with E-state index in [2.05, 4.69) is 20.4 Å². The highest BCUT2D eigenvalue weighted by Gasteiger charge is 2.15. The molecule has 5 heteroatoms. The molecule has 78 valence electrons. The summed E-state index contributed by atoms with van der Waals surface area (Å²) in [7, 11) is 0. The predicted octanol–water partition coefficient (Wildman–Crippen LogP) is 0.939. The molecule has 1 saturated heterocycles. The monoisotopic (exact) mass is 203 g/mol. The number of fused-ring (bicyclic) bond motifs is 1. The molecule has 3 rings (SSSR count). The van der Waals surface area contributed by atoms with Gasteiger partial charge >= 0.3 is 0 Å². The Morgan fingerprint density at radius 2 is 2.33 bits per heavy atom. The highest BCUT2D eigenvalue weighted by Crippen LogP contribution is 2.21. The van der Waals surface area contributed by atoms with Crippen molar-refractivity contribution in [1.29, 1.82) is 0 Å². The number of nitrogens with zero attached hydrogens (tertiary/aromatic N) is 4. The molecule has 1 N–H and O–H groups in total. The Balaban J connectivity index is 1.95. The summed E-state index contributed by atoms with van der Waals surface area (Å²) < 4.78 is 1.73. The van der Waals surface area contributed by atoms with Gasteiger partial charge in [-0.3, -0.25) is 0 Å². The van der Waals surface area contributed by atoms with Crippen molar-refractivity contribution in [2.24, 2.45) is 0 Å². The largest absolute Gasteiger partial charge is 0.310 e. The number of nitrogens with one attached hydrogen (secondary N) is 1. The Labute approximate surface area is 87.5 Å². The number of hydrogen-bond donors (Lipinski definition) is 1. The van der Waals surface area contributed by atoms with Crippen LogP contribution in [0.5, 0.6) is 0 Å². The molecule has 0 spiro atoms. The van der Waals surface area contributed by atoms with E-state index >= 15 is 0 Å². The molecule has 1 fully saturated rings. The molecule has 1 atom stereocenters. The average Bonchev–Trinajstić information content (AvgIpc) is 2.77. The maximum absolute atomic E-state index is 4.27. The fourth-order valence-electron chi connectivity index (χ4n) is 2.05. The Morgan fingerprint density at radius 1 is 1.33 bits per heavy atom. The van der Waals surface area contributed by atoms with Gasteiger partial charge in [0.1, 0.15) is 6.33 Å². The van der Waals surface area contributed by atoms with Gasteiger partial charge in [0.25, 0.3) is 5.78 Å². The normalized spacial score (nSPS) is 22.0. The lowest BCUT2D eigenvalue weighted by Gasteiger charge is -2.23. The van der Waals surface area contributed by atoms with Crippen molar-refractivity contribution in [1.82, 2.24) is 24.9 Å². The summed E-state index contributed by atoms with van der Waals surface area (Å²) in [6, 6.07) is 0.430. The topological polar surface area (TPSA) is 55.1 Å².